The maximum atomic E-state index is 5.90. The summed E-state index contributed by atoms with van der Waals surface area (Å²) in [5.74, 6) is 0. The summed E-state index contributed by atoms with van der Waals surface area (Å²) in [5.41, 5.74) is 0.693. The first-order valence-electron chi connectivity index (χ1n) is 5.16. The summed E-state index contributed by atoms with van der Waals surface area (Å²) < 4.78 is 5.90. The standard InChI is InChI=1S/C9H22OSi2/c1-11(2)12(3,4)9-7-5-6-8-10-9/h9,11H,5-8H2,1-4H3. The van der Waals surface area contributed by atoms with Crippen LogP contribution in [-0.4, -0.2) is 28.2 Å². The zero-order chi connectivity index (χ0) is 9.19. The molecule has 1 fully saturated rings. The van der Waals surface area contributed by atoms with Gasteiger partial charge >= 0.3 is 0 Å². The molecule has 0 aromatic carbocycles. The Morgan fingerprint density at radius 1 is 1.25 bits per heavy atom. The Balaban J connectivity index is 2.53. The smallest absolute Gasteiger partial charge is 0.0714 e. The number of rotatable bonds is 2. The Morgan fingerprint density at radius 2 is 1.92 bits per heavy atom. The third-order valence-electron chi connectivity index (χ3n) is 3.50. The Morgan fingerprint density at radius 3 is 2.33 bits per heavy atom. The van der Waals surface area contributed by atoms with Gasteiger partial charge < -0.3 is 4.74 Å². The normalized spacial score (nSPS) is 26.2. The van der Waals surface area contributed by atoms with Crippen LogP contribution in [-0.2, 0) is 4.74 Å². The maximum Gasteiger partial charge on any atom is 0.0714 e. The van der Waals surface area contributed by atoms with Gasteiger partial charge in [-0.25, -0.2) is 0 Å². The molecule has 1 heterocycles. The lowest BCUT2D eigenvalue weighted by atomic mass is 10.2. The van der Waals surface area contributed by atoms with Crippen LogP contribution in [0, 0.1) is 0 Å². The summed E-state index contributed by atoms with van der Waals surface area (Å²) in [6.45, 7) is 11.1. The zero-order valence-electron chi connectivity index (χ0n) is 8.89. The van der Waals surface area contributed by atoms with Gasteiger partial charge in [0.15, 0.2) is 0 Å². The van der Waals surface area contributed by atoms with Crippen LogP contribution in [0.4, 0.5) is 0 Å². The van der Waals surface area contributed by atoms with Gasteiger partial charge in [-0.1, -0.05) is 26.2 Å². The molecule has 0 spiro atoms. The minimum absolute atomic E-state index is 0.439. The molecular weight excluding hydrogens is 180 g/mol. The van der Waals surface area contributed by atoms with Crippen molar-refractivity contribution in [3.8, 4) is 0 Å². The minimum Gasteiger partial charge on any atom is -0.382 e. The van der Waals surface area contributed by atoms with Crippen molar-refractivity contribution in [3.63, 3.8) is 0 Å². The van der Waals surface area contributed by atoms with Gasteiger partial charge in [-0.2, -0.15) is 0 Å². The minimum atomic E-state index is -0.963. The van der Waals surface area contributed by atoms with Crippen LogP contribution in [0.15, 0.2) is 0 Å². The highest BCUT2D eigenvalue weighted by Gasteiger charge is 2.36. The topological polar surface area (TPSA) is 9.23 Å². The average Bonchev–Trinajstić information content (AvgIpc) is 2.06. The summed E-state index contributed by atoms with van der Waals surface area (Å²) in [6.07, 6.45) is 4.05. The fourth-order valence-corrected chi connectivity index (χ4v) is 6.96. The molecule has 0 bridgehead atoms. The first-order chi connectivity index (χ1) is 5.55. The van der Waals surface area contributed by atoms with Gasteiger partial charge in [0.1, 0.15) is 0 Å². The summed E-state index contributed by atoms with van der Waals surface area (Å²) in [7, 11) is -1.40. The summed E-state index contributed by atoms with van der Waals surface area (Å²) in [5, 5.41) is 0. The predicted molar refractivity (Wildman–Crippen MR) is 60.0 cm³/mol. The van der Waals surface area contributed by atoms with E-state index in [2.05, 4.69) is 26.2 Å². The van der Waals surface area contributed by atoms with Crippen LogP contribution in [0.2, 0.25) is 26.2 Å². The molecule has 1 aliphatic rings. The highest BCUT2D eigenvalue weighted by molar-refractivity contribution is 7.31. The molecular formula is C9H22OSi2. The van der Waals surface area contributed by atoms with Crippen molar-refractivity contribution in [2.45, 2.75) is 51.2 Å². The lowest BCUT2D eigenvalue weighted by Crippen LogP contribution is -2.54. The Kier molecular flexibility index (Phi) is 3.55. The van der Waals surface area contributed by atoms with Crippen molar-refractivity contribution in [1.82, 2.24) is 0 Å². The summed E-state index contributed by atoms with van der Waals surface area (Å²) in [6, 6.07) is 0. The van der Waals surface area contributed by atoms with Gasteiger partial charge in [0.2, 0.25) is 0 Å². The second-order valence-corrected chi connectivity index (χ2v) is 19.4. The fourth-order valence-electron chi connectivity index (χ4n) is 1.70. The molecule has 1 nitrogen and oxygen atoms in total. The quantitative estimate of drug-likeness (QED) is 0.625. The Labute approximate surface area is 78.9 Å². The Hall–Kier alpha value is 0.394. The SMILES string of the molecule is C[SiH](C)[Si](C)(C)C1CCCCO1. The summed E-state index contributed by atoms with van der Waals surface area (Å²) in [4.78, 5) is 0. The van der Waals surface area contributed by atoms with Gasteiger partial charge in [0.05, 0.1) is 7.59 Å². The van der Waals surface area contributed by atoms with Crippen molar-refractivity contribution in [3.05, 3.63) is 0 Å². The van der Waals surface area contributed by atoms with E-state index in [9.17, 15) is 0 Å². The van der Waals surface area contributed by atoms with Crippen molar-refractivity contribution >= 4 is 15.9 Å². The molecule has 12 heavy (non-hydrogen) atoms. The van der Waals surface area contributed by atoms with E-state index in [1.165, 1.54) is 19.3 Å². The second-order valence-electron chi connectivity index (χ2n) is 4.83. The fraction of sp³-hybridized carbons (Fsp3) is 1.00. The van der Waals surface area contributed by atoms with Crippen LogP contribution < -0.4 is 0 Å². The lowest BCUT2D eigenvalue weighted by molar-refractivity contribution is 0.0618. The van der Waals surface area contributed by atoms with Crippen LogP contribution in [0.3, 0.4) is 0 Å². The van der Waals surface area contributed by atoms with E-state index >= 15 is 0 Å². The van der Waals surface area contributed by atoms with Crippen LogP contribution >= 0.6 is 0 Å². The second kappa shape index (κ2) is 4.07. The number of ether oxygens (including phenoxy) is 1. The van der Waals surface area contributed by atoms with E-state index in [-0.39, 0.29) is 0 Å². The molecule has 0 radical (unpaired) electrons. The van der Waals surface area contributed by atoms with E-state index in [0.717, 1.165) is 6.61 Å². The van der Waals surface area contributed by atoms with E-state index in [4.69, 9.17) is 4.74 Å². The Bertz CT molecular complexity index is 139. The molecule has 0 saturated carbocycles. The van der Waals surface area contributed by atoms with Gasteiger partial charge in [0, 0.05) is 20.6 Å². The molecule has 72 valence electrons. The molecule has 1 unspecified atom stereocenters. The van der Waals surface area contributed by atoms with E-state index in [1.807, 2.05) is 0 Å². The molecule has 3 heteroatoms. The van der Waals surface area contributed by atoms with Gasteiger partial charge in [0.25, 0.3) is 0 Å². The molecule has 0 amide bonds. The number of hydrogen-bond donors (Lipinski definition) is 0. The highest BCUT2D eigenvalue weighted by atomic mass is 29.2. The first kappa shape index (κ1) is 10.5. The number of hydrogen-bond acceptors (Lipinski definition) is 1. The summed E-state index contributed by atoms with van der Waals surface area (Å²) >= 11 is 0. The lowest BCUT2D eigenvalue weighted by Gasteiger charge is -2.37. The first-order valence-corrected chi connectivity index (χ1v) is 12.4. The average molecular weight is 202 g/mol. The van der Waals surface area contributed by atoms with Crippen molar-refractivity contribution < 1.29 is 4.74 Å². The molecule has 1 atom stereocenters. The molecule has 0 N–H and O–H groups in total. The van der Waals surface area contributed by atoms with Crippen molar-refractivity contribution in [2.24, 2.45) is 0 Å². The van der Waals surface area contributed by atoms with Crippen LogP contribution in [0.5, 0.6) is 0 Å². The third kappa shape index (κ3) is 2.21. The van der Waals surface area contributed by atoms with Crippen molar-refractivity contribution in [1.29, 1.82) is 0 Å². The largest absolute Gasteiger partial charge is 0.382 e. The third-order valence-corrected chi connectivity index (χ3v) is 18.6. The molecule has 0 aliphatic carbocycles. The van der Waals surface area contributed by atoms with Gasteiger partial charge in [-0.05, 0) is 19.3 Å². The van der Waals surface area contributed by atoms with Crippen LogP contribution in [0.1, 0.15) is 19.3 Å². The van der Waals surface area contributed by atoms with Crippen molar-refractivity contribution in [2.75, 3.05) is 6.61 Å². The molecule has 1 aliphatic heterocycles. The van der Waals surface area contributed by atoms with E-state index < -0.39 is 15.9 Å². The van der Waals surface area contributed by atoms with E-state index in [1.54, 1.807) is 0 Å². The predicted octanol–water partition coefficient (Wildman–Crippen LogP) is 2.37. The monoisotopic (exact) mass is 202 g/mol. The molecule has 1 saturated heterocycles. The molecule has 0 aromatic rings. The molecule has 1 rings (SSSR count). The zero-order valence-corrected chi connectivity index (χ0v) is 11.0. The van der Waals surface area contributed by atoms with Crippen LogP contribution in [0.25, 0.3) is 0 Å². The van der Waals surface area contributed by atoms with Gasteiger partial charge in [-0.15, -0.1) is 0 Å². The highest BCUT2D eigenvalue weighted by Crippen LogP contribution is 2.24. The van der Waals surface area contributed by atoms with Gasteiger partial charge in [-0.3, -0.25) is 0 Å². The maximum absolute atomic E-state index is 5.90. The van der Waals surface area contributed by atoms with E-state index in [0.29, 0.717) is 5.73 Å². The molecule has 0 aromatic heterocycles.